The van der Waals surface area contributed by atoms with Gasteiger partial charge in [0.05, 0.1) is 19.2 Å². The first-order valence-electron chi connectivity index (χ1n) is 5.99. The zero-order chi connectivity index (χ0) is 13.1. The molecule has 0 bridgehead atoms. The summed E-state index contributed by atoms with van der Waals surface area (Å²) in [6, 6.07) is 5.65. The van der Waals surface area contributed by atoms with Crippen molar-refractivity contribution in [2.75, 3.05) is 19.7 Å². The summed E-state index contributed by atoms with van der Waals surface area (Å²) >= 11 is 0. The summed E-state index contributed by atoms with van der Waals surface area (Å²) in [4.78, 5) is 13.5. The lowest BCUT2D eigenvalue weighted by molar-refractivity contribution is -0.140. The van der Waals surface area contributed by atoms with E-state index >= 15 is 0 Å². The van der Waals surface area contributed by atoms with Crippen LogP contribution in [0.3, 0.4) is 0 Å². The van der Waals surface area contributed by atoms with E-state index in [-0.39, 0.29) is 17.8 Å². The predicted octanol–water partition coefficient (Wildman–Crippen LogP) is 1.07. The van der Waals surface area contributed by atoms with Gasteiger partial charge in [0.25, 0.3) is 0 Å². The highest BCUT2D eigenvalue weighted by molar-refractivity contribution is 5.81. The monoisotopic (exact) mass is 252 g/mol. The number of nitrogens with two attached hydrogens (primary N) is 1. The summed E-state index contributed by atoms with van der Waals surface area (Å²) in [5.41, 5.74) is 6.46. The fourth-order valence-corrected chi connectivity index (χ4v) is 2.02. The molecule has 1 amide bonds. The number of halogens is 1. The van der Waals surface area contributed by atoms with E-state index in [0.29, 0.717) is 19.7 Å². The Balaban J connectivity index is 2.07. The van der Waals surface area contributed by atoms with Crippen molar-refractivity contribution in [1.29, 1.82) is 0 Å². The third kappa shape index (κ3) is 2.86. The summed E-state index contributed by atoms with van der Waals surface area (Å²) in [5.74, 6) is -0.358. The normalized spacial score (nSPS) is 21.7. The van der Waals surface area contributed by atoms with Gasteiger partial charge in [0.2, 0.25) is 5.91 Å². The van der Waals surface area contributed by atoms with Gasteiger partial charge in [0, 0.05) is 6.54 Å². The van der Waals surface area contributed by atoms with Gasteiger partial charge in [-0.25, -0.2) is 4.39 Å². The highest BCUT2D eigenvalue weighted by atomic mass is 19.1. The van der Waals surface area contributed by atoms with Crippen LogP contribution in [0.1, 0.15) is 18.6 Å². The maximum atomic E-state index is 12.8. The molecule has 1 saturated heterocycles. The molecule has 18 heavy (non-hydrogen) atoms. The average Bonchev–Trinajstić information content (AvgIpc) is 2.38. The Bertz CT molecular complexity index is 420. The van der Waals surface area contributed by atoms with E-state index in [2.05, 4.69) is 0 Å². The Morgan fingerprint density at radius 3 is 2.78 bits per heavy atom. The topological polar surface area (TPSA) is 55.6 Å². The molecule has 0 aliphatic carbocycles. The van der Waals surface area contributed by atoms with Crippen LogP contribution in [0.2, 0.25) is 0 Å². The highest BCUT2D eigenvalue weighted by Gasteiger charge is 2.26. The first-order valence-corrected chi connectivity index (χ1v) is 5.99. The van der Waals surface area contributed by atoms with Crippen LogP contribution in [0.5, 0.6) is 0 Å². The maximum absolute atomic E-state index is 12.8. The smallest absolute Gasteiger partial charge is 0.239 e. The van der Waals surface area contributed by atoms with Gasteiger partial charge in [-0.3, -0.25) is 4.79 Å². The van der Waals surface area contributed by atoms with Gasteiger partial charge < -0.3 is 15.4 Å². The molecule has 0 saturated carbocycles. The zero-order valence-electron chi connectivity index (χ0n) is 10.3. The summed E-state index contributed by atoms with van der Waals surface area (Å²) in [6.45, 7) is 3.16. The average molecular weight is 252 g/mol. The second-order valence-electron chi connectivity index (χ2n) is 4.48. The number of carbonyl (C=O) groups is 1. The largest absolute Gasteiger partial charge is 0.370 e. The molecule has 1 fully saturated rings. The highest BCUT2D eigenvalue weighted by Crippen LogP contribution is 2.22. The summed E-state index contributed by atoms with van der Waals surface area (Å²) in [7, 11) is 0. The van der Waals surface area contributed by atoms with Crippen LogP contribution in [0.25, 0.3) is 0 Å². The molecule has 5 heteroatoms. The van der Waals surface area contributed by atoms with E-state index in [1.807, 2.05) is 0 Å². The number of hydrogen-bond donors (Lipinski definition) is 1. The number of amides is 1. The third-order valence-electron chi connectivity index (χ3n) is 3.01. The molecule has 1 aliphatic heterocycles. The molecular formula is C13H17FN2O2. The van der Waals surface area contributed by atoms with E-state index < -0.39 is 6.04 Å². The number of nitrogens with zero attached hydrogens (tertiary/aromatic N) is 1. The Morgan fingerprint density at radius 2 is 2.17 bits per heavy atom. The van der Waals surface area contributed by atoms with Crippen LogP contribution in [0, 0.1) is 5.82 Å². The molecule has 2 atom stereocenters. The Morgan fingerprint density at radius 1 is 1.50 bits per heavy atom. The van der Waals surface area contributed by atoms with Crippen LogP contribution in [-0.2, 0) is 9.53 Å². The Kier molecular flexibility index (Phi) is 3.93. The zero-order valence-corrected chi connectivity index (χ0v) is 10.3. The number of rotatable bonds is 2. The molecule has 1 aromatic rings. The SMILES string of the molecule is C[C@@H](N)C(=O)N1CCOC(c2ccc(F)cc2)C1. The minimum absolute atomic E-state index is 0.0783. The quantitative estimate of drug-likeness (QED) is 0.856. The van der Waals surface area contributed by atoms with Crippen molar-refractivity contribution in [3.8, 4) is 0 Å². The molecule has 1 heterocycles. The third-order valence-corrected chi connectivity index (χ3v) is 3.01. The van der Waals surface area contributed by atoms with Gasteiger partial charge in [-0.2, -0.15) is 0 Å². The molecule has 98 valence electrons. The van der Waals surface area contributed by atoms with E-state index in [0.717, 1.165) is 5.56 Å². The Hall–Kier alpha value is -1.46. The molecule has 0 spiro atoms. The lowest BCUT2D eigenvalue weighted by atomic mass is 10.1. The van der Waals surface area contributed by atoms with Gasteiger partial charge in [-0.15, -0.1) is 0 Å². The molecule has 2 rings (SSSR count). The first-order chi connectivity index (χ1) is 8.58. The molecule has 0 radical (unpaired) electrons. The van der Waals surface area contributed by atoms with Crippen LogP contribution in [-0.4, -0.2) is 36.5 Å². The molecular weight excluding hydrogens is 235 g/mol. The maximum Gasteiger partial charge on any atom is 0.239 e. The minimum Gasteiger partial charge on any atom is -0.370 e. The lowest BCUT2D eigenvalue weighted by Crippen LogP contribution is -2.48. The number of ether oxygens (including phenoxy) is 1. The lowest BCUT2D eigenvalue weighted by Gasteiger charge is -2.34. The van der Waals surface area contributed by atoms with Crippen molar-refractivity contribution in [3.05, 3.63) is 35.6 Å². The van der Waals surface area contributed by atoms with Gasteiger partial charge in [0.1, 0.15) is 11.9 Å². The number of benzene rings is 1. The molecule has 0 aromatic heterocycles. The molecule has 1 unspecified atom stereocenters. The van der Waals surface area contributed by atoms with Crippen molar-refractivity contribution >= 4 is 5.91 Å². The van der Waals surface area contributed by atoms with Crippen LogP contribution in [0.4, 0.5) is 4.39 Å². The number of carbonyl (C=O) groups excluding carboxylic acids is 1. The molecule has 1 aliphatic rings. The predicted molar refractivity (Wildman–Crippen MR) is 65.3 cm³/mol. The fraction of sp³-hybridized carbons (Fsp3) is 0.462. The second-order valence-corrected chi connectivity index (χ2v) is 4.48. The number of morpholine rings is 1. The van der Waals surface area contributed by atoms with Crippen LogP contribution >= 0.6 is 0 Å². The van der Waals surface area contributed by atoms with Crippen LogP contribution < -0.4 is 5.73 Å². The molecule has 1 aromatic carbocycles. The van der Waals surface area contributed by atoms with Crippen molar-refractivity contribution in [2.45, 2.75) is 19.1 Å². The van der Waals surface area contributed by atoms with Crippen LogP contribution in [0.15, 0.2) is 24.3 Å². The van der Waals surface area contributed by atoms with Crippen molar-refractivity contribution in [3.63, 3.8) is 0 Å². The first kappa shape index (κ1) is 13.0. The van der Waals surface area contributed by atoms with Gasteiger partial charge in [-0.05, 0) is 24.6 Å². The second kappa shape index (κ2) is 5.46. The molecule has 2 N–H and O–H groups in total. The van der Waals surface area contributed by atoms with Gasteiger partial charge in [0.15, 0.2) is 0 Å². The summed E-state index contributed by atoms with van der Waals surface area (Å²) < 4.78 is 18.4. The van der Waals surface area contributed by atoms with E-state index in [1.165, 1.54) is 12.1 Å². The van der Waals surface area contributed by atoms with E-state index in [9.17, 15) is 9.18 Å². The van der Waals surface area contributed by atoms with E-state index in [4.69, 9.17) is 10.5 Å². The van der Waals surface area contributed by atoms with Gasteiger partial charge in [-0.1, -0.05) is 12.1 Å². The summed E-state index contributed by atoms with van der Waals surface area (Å²) in [5, 5.41) is 0. The fourth-order valence-electron chi connectivity index (χ4n) is 2.02. The summed E-state index contributed by atoms with van der Waals surface area (Å²) in [6.07, 6.45) is -0.206. The van der Waals surface area contributed by atoms with Crippen molar-refractivity contribution in [2.24, 2.45) is 5.73 Å². The number of hydrogen-bond acceptors (Lipinski definition) is 3. The van der Waals surface area contributed by atoms with E-state index in [1.54, 1.807) is 24.0 Å². The standard InChI is InChI=1S/C13H17FN2O2/c1-9(15)13(17)16-6-7-18-12(8-16)10-2-4-11(14)5-3-10/h2-5,9,12H,6-8,15H2,1H3/t9-,12?/m1/s1. The van der Waals surface area contributed by atoms with Crippen molar-refractivity contribution in [1.82, 2.24) is 4.90 Å². The minimum atomic E-state index is -0.503. The Labute approximate surface area is 106 Å². The van der Waals surface area contributed by atoms with Gasteiger partial charge >= 0.3 is 0 Å². The van der Waals surface area contributed by atoms with Crippen molar-refractivity contribution < 1.29 is 13.9 Å². The molecule has 4 nitrogen and oxygen atoms in total.